The fourth-order valence-corrected chi connectivity index (χ4v) is 2.78. The highest BCUT2D eigenvalue weighted by molar-refractivity contribution is 5.66. The Hall–Kier alpha value is -1.24. The van der Waals surface area contributed by atoms with E-state index in [2.05, 4.69) is 6.19 Å². The quantitative estimate of drug-likeness (QED) is 0.505. The van der Waals surface area contributed by atoms with Crippen molar-refractivity contribution in [3.63, 3.8) is 0 Å². The molecule has 0 bridgehead atoms. The summed E-state index contributed by atoms with van der Waals surface area (Å²) < 4.78 is 5.28. The Morgan fingerprint density at radius 1 is 1.31 bits per heavy atom. The van der Waals surface area contributed by atoms with Crippen molar-refractivity contribution in [3.05, 3.63) is 0 Å². The molecule has 1 aliphatic heterocycles. The molecule has 0 N–H and O–H groups in total. The molecule has 1 heterocycles. The molecular formula is C12H20N2O2. The summed E-state index contributed by atoms with van der Waals surface area (Å²) in [7, 11) is 0. The van der Waals surface area contributed by atoms with Crippen LogP contribution in [0.15, 0.2) is 0 Å². The van der Waals surface area contributed by atoms with Gasteiger partial charge in [-0.05, 0) is 27.7 Å². The van der Waals surface area contributed by atoms with E-state index in [1.807, 2.05) is 27.7 Å². The van der Waals surface area contributed by atoms with Crippen LogP contribution in [-0.2, 0) is 9.53 Å². The summed E-state index contributed by atoms with van der Waals surface area (Å²) in [6.45, 7) is 9.46. The van der Waals surface area contributed by atoms with E-state index in [0.29, 0.717) is 12.8 Å². The van der Waals surface area contributed by atoms with Crippen LogP contribution >= 0.6 is 0 Å². The molecule has 4 heteroatoms. The lowest BCUT2D eigenvalue weighted by molar-refractivity contribution is -0.154. The van der Waals surface area contributed by atoms with Gasteiger partial charge in [0.2, 0.25) is 0 Å². The standard InChI is InChI=1S/C12H20N2O2/c1-9(15)16-10-6-11(2,3)14(8-13)12(4,5)7-10/h10H,6-7H2,1-5H3. The second-order valence-corrected chi connectivity index (χ2v) is 5.70. The van der Waals surface area contributed by atoms with Crippen LogP contribution in [-0.4, -0.2) is 28.1 Å². The van der Waals surface area contributed by atoms with Gasteiger partial charge in [-0.25, -0.2) is 0 Å². The van der Waals surface area contributed by atoms with Gasteiger partial charge in [0.1, 0.15) is 6.10 Å². The van der Waals surface area contributed by atoms with Gasteiger partial charge in [0.05, 0.1) is 0 Å². The minimum Gasteiger partial charge on any atom is -0.462 e. The number of ether oxygens (including phenoxy) is 1. The molecule has 1 aliphatic rings. The van der Waals surface area contributed by atoms with Crippen molar-refractivity contribution >= 4 is 5.97 Å². The van der Waals surface area contributed by atoms with Gasteiger partial charge in [0.25, 0.3) is 0 Å². The van der Waals surface area contributed by atoms with Crippen molar-refractivity contribution < 1.29 is 9.53 Å². The zero-order valence-corrected chi connectivity index (χ0v) is 10.7. The zero-order chi connectivity index (χ0) is 12.6. The molecule has 0 aromatic heterocycles. The lowest BCUT2D eigenvalue weighted by Crippen LogP contribution is -2.60. The second kappa shape index (κ2) is 3.97. The lowest BCUT2D eigenvalue weighted by Gasteiger charge is -2.51. The van der Waals surface area contributed by atoms with Crippen molar-refractivity contribution in [1.82, 2.24) is 4.90 Å². The Bertz CT molecular complexity index is 310. The van der Waals surface area contributed by atoms with Gasteiger partial charge in [-0.15, -0.1) is 0 Å². The van der Waals surface area contributed by atoms with E-state index < -0.39 is 0 Å². The average Bonchev–Trinajstić information content (AvgIpc) is 1.97. The largest absolute Gasteiger partial charge is 0.462 e. The van der Waals surface area contributed by atoms with Crippen LogP contribution in [0.2, 0.25) is 0 Å². The van der Waals surface area contributed by atoms with Crippen molar-refractivity contribution in [1.29, 1.82) is 5.26 Å². The fourth-order valence-electron chi connectivity index (χ4n) is 2.78. The van der Waals surface area contributed by atoms with E-state index in [1.165, 1.54) is 6.92 Å². The van der Waals surface area contributed by atoms with Gasteiger partial charge < -0.3 is 4.74 Å². The summed E-state index contributed by atoms with van der Waals surface area (Å²) in [6, 6.07) is 0. The first-order chi connectivity index (χ1) is 7.19. The van der Waals surface area contributed by atoms with Crippen LogP contribution in [0, 0.1) is 11.5 Å². The highest BCUT2D eigenvalue weighted by Gasteiger charge is 2.46. The summed E-state index contributed by atoms with van der Waals surface area (Å²) in [4.78, 5) is 12.8. The molecule has 0 aliphatic carbocycles. The van der Waals surface area contributed by atoms with Crippen LogP contribution in [0.5, 0.6) is 0 Å². The highest BCUT2D eigenvalue weighted by atomic mass is 16.5. The van der Waals surface area contributed by atoms with Gasteiger partial charge in [-0.2, -0.15) is 5.26 Å². The van der Waals surface area contributed by atoms with Gasteiger partial charge in [-0.1, -0.05) is 0 Å². The minimum absolute atomic E-state index is 0.0906. The van der Waals surface area contributed by atoms with E-state index in [0.717, 1.165) is 0 Å². The lowest BCUT2D eigenvalue weighted by atomic mass is 9.78. The molecule has 0 spiro atoms. The molecule has 0 radical (unpaired) electrons. The molecule has 0 saturated carbocycles. The Kier molecular flexibility index (Phi) is 3.18. The number of carbonyl (C=O) groups is 1. The van der Waals surface area contributed by atoms with Crippen molar-refractivity contribution in [2.45, 2.75) is 64.6 Å². The van der Waals surface area contributed by atoms with Crippen LogP contribution in [0.3, 0.4) is 0 Å². The monoisotopic (exact) mass is 224 g/mol. The molecule has 0 aromatic carbocycles. The maximum Gasteiger partial charge on any atom is 0.302 e. The Morgan fingerprint density at radius 3 is 2.06 bits per heavy atom. The molecule has 1 rings (SSSR count). The molecule has 90 valence electrons. The third-order valence-electron chi connectivity index (χ3n) is 3.10. The maximum atomic E-state index is 11.0. The van der Waals surface area contributed by atoms with Gasteiger partial charge >= 0.3 is 5.97 Å². The van der Waals surface area contributed by atoms with Crippen LogP contribution in [0.1, 0.15) is 47.5 Å². The minimum atomic E-state index is -0.267. The highest BCUT2D eigenvalue weighted by Crippen LogP contribution is 2.38. The fraction of sp³-hybridized carbons (Fsp3) is 0.833. The number of esters is 1. The van der Waals surface area contributed by atoms with Gasteiger partial charge in [-0.3, -0.25) is 9.69 Å². The molecule has 0 aromatic rings. The molecule has 16 heavy (non-hydrogen) atoms. The molecule has 1 fully saturated rings. The molecule has 0 unspecified atom stereocenters. The number of likely N-dealkylation sites (tertiary alicyclic amines) is 1. The van der Waals surface area contributed by atoms with E-state index >= 15 is 0 Å². The number of piperidine rings is 1. The van der Waals surface area contributed by atoms with Gasteiger partial charge in [0, 0.05) is 30.8 Å². The summed E-state index contributed by atoms with van der Waals surface area (Å²) in [5.41, 5.74) is -0.534. The van der Waals surface area contributed by atoms with Crippen molar-refractivity contribution in [2.24, 2.45) is 0 Å². The summed E-state index contributed by atoms with van der Waals surface area (Å²) in [5.74, 6) is -0.248. The van der Waals surface area contributed by atoms with E-state index in [9.17, 15) is 10.1 Å². The SMILES string of the molecule is CC(=O)OC1CC(C)(C)N(C#N)C(C)(C)C1. The molecule has 1 saturated heterocycles. The smallest absolute Gasteiger partial charge is 0.302 e. The van der Waals surface area contributed by atoms with Crippen LogP contribution in [0.25, 0.3) is 0 Å². The Balaban J connectivity index is 2.90. The predicted molar refractivity (Wildman–Crippen MR) is 60.4 cm³/mol. The first-order valence-electron chi connectivity index (χ1n) is 5.56. The Labute approximate surface area is 97.2 Å². The number of carbonyl (C=O) groups excluding carboxylic acids is 1. The van der Waals surface area contributed by atoms with E-state index in [1.54, 1.807) is 4.90 Å². The van der Waals surface area contributed by atoms with Crippen LogP contribution < -0.4 is 0 Å². The summed E-state index contributed by atoms with van der Waals surface area (Å²) in [5, 5.41) is 9.20. The topological polar surface area (TPSA) is 53.3 Å². The number of hydrogen-bond acceptors (Lipinski definition) is 4. The van der Waals surface area contributed by atoms with Crippen molar-refractivity contribution in [2.75, 3.05) is 0 Å². The second-order valence-electron chi connectivity index (χ2n) is 5.70. The predicted octanol–water partition coefficient (Wildman–Crippen LogP) is 2.05. The summed E-state index contributed by atoms with van der Waals surface area (Å²) >= 11 is 0. The van der Waals surface area contributed by atoms with E-state index in [-0.39, 0.29) is 23.2 Å². The van der Waals surface area contributed by atoms with Crippen molar-refractivity contribution in [3.8, 4) is 6.19 Å². The number of nitrogens with zero attached hydrogens (tertiary/aromatic N) is 2. The van der Waals surface area contributed by atoms with Gasteiger partial charge in [0.15, 0.2) is 6.19 Å². The number of rotatable bonds is 1. The third-order valence-corrected chi connectivity index (χ3v) is 3.10. The van der Waals surface area contributed by atoms with Crippen LogP contribution in [0.4, 0.5) is 0 Å². The first-order valence-corrected chi connectivity index (χ1v) is 5.56. The van der Waals surface area contributed by atoms with E-state index in [4.69, 9.17) is 4.74 Å². The molecule has 4 nitrogen and oxygen atoms in total. The molecule has 0 amide bonds. The first kappa shape index (κ1) is 12.8. The zero-order valence-electron chi connectivity index (χ0n) is 10.7. The maximum absolute atomic E-state index is 11.0. The third kappa shape index (κ3) is 2.46. The molecular weight excluding hydrogens is 204 g/mol. The normalized spacial score (nSPS) is 23.6. The molecule has 0 atom stereocenters. The number of nitriles is 1. The summed E-state index contributed by atoms with van der Waals surface area (Å²) in [6.07, 6.45) is 3.56. The average molecular weight is 224 g/mol. The Morgan fingerprint density at radius 2 is 1.75 bits per heavy atom. The number of hydrogen-bond donors (Lipinski definition) is 0.